The number of anilines is 3. The van der Waals surface area contributed by atoms with Crippen molar-refractivity contribution in [1.82, 2.24) is 0 Å². The van der Waals surface area contributed by atoms with E-state index in [9.17, 15) is 0 Å². The zero-order valence-electron chi connectivity index (χ0n) is 32.5. The first-order valence-electron chi connectivity index (χ1n) is 20.6. The zero-order valence-corrected chi connectivity index (χ0v) is 33.3. The lowest BCUT2D eigenvalue weighted by atomic mass is 9.70. The lowest BCUT2D eigenvalue weighted by Crippen LogP contribution is -2.26. The van der Waals surface area contributed by atoms with Crippen molar-refractivity contribution in [3.05, 3.63) is 235 Å². The maximum atomic E-state index is 6.35. The number of nitrogens with zero attached hydrogens (tertiary/aromatic N) is 1. The van der Waals surface area contributed by atoms with Crippen LogP contribution in [0.5, 0.6) is 0 Å². The summed E-state index contributed by atoms with van der Waals surface area (Å²) < 4.78 is 7.60. The molecule has 0 amide bonds. The number of hydrogen-bond donors (Lipinski definition) is 0. The van der Waals surface area contributed by atoms with Crippen LogP contribution in [0.3, 0.4) is 0 Å². The van der Waals surface area contributed by atoms with Gasteiger partial charge >= 0.3 is 0 Å². The summed E-state index contributed by atoms with van der Waals surface area (Å²) in [4.78, 5) is 3.40. The van der Waals surface area contributed by atoms with Crippen LogP contribution in [0.25, 0.3) is 75.8 Å². The molecule has 0 N–H and O–H groups in total. The normalized spacial score (nSPS) is 13.1. The number of hydrogen-bond acceptors (Lipinski definition) is 3. The summed E-state index contributed by atoms with van der Waals surface area (Å²) in [6.45, 7) is 0. The molecular weight excluding hydrogens is 747 g/mol. The van der Waals surface area contributed by atoms with E-state index in [0.29, 0.717) is 0 Å². The van der Waals surface area contributed by atoms with Gasteiger partial charge in [0.2, 0.25) is 0 Å². The fourth-order valence-electron chi connectivity index (χ4n) is 10.4. The second-order valence-electron chi connectivity index (χ2n) is 16.0. The minimum Gasteiger partial charge on any atom is -0.445 e. The molecule has 0 saturated carbocycles. The van der Waals surface area contributed by atoms with Crippen LogP contribution in [-0.4, -0.2) is 0 Å². The van der Waals surface area contributed by atoms with Gasteiger partial charge in [0.15, 0.2) is 4.90 Å². The van der Waals surface area contributed by atoms with E-state index < -0.39 is 5.41 Å². The van der Waals surface area contributed by atoms with Crippen LogP contribution in [0.1, 0.15) is 22.3 Å². The predicted molar refractivity (Wildman–Crippen MR) is 251 cm³/mol. The predicted octanol–water partition coefficient (Wildman–Crippen LogP) is 15.9. The molecule has 0 unspecified atom stereocenters. The van der Waals surface area contributed by atoms with E-state index in [1.165, 1.54) is 87.6 Å². The van der Waals surface area contributed by atoms with Gasteiger partial charge in [0.25, 0.3) is 0 Å². The second kappa shape index (κ2) is 12.8. The smallest absolute Gasteiger partial charge is 0.190 e. The van der Waals surface area contributed by atoms with E-state index >= 15 is 0 Å². The summed E-state index contributed by atoms with van der Waals surface area (Å²) in [7, 11) is 0. The summed E-state index contributed by atoms with van der Waals surface area (Å²) in [6, 6.07) is 78.0. The third-order valence-electron chi connectivity index (χ3n) is 13.0. The molecule has 2 aromatic heterocycles. The summed E-state index contributed by atoms with van der Waals surface area (Å²) in [5, 5.41) is 3.62. The first-order chi connectivity index (χ1) is 29.8. The average Bonchev–Trinajstić information content (AvgIpc) is 4.04. The van der Waals surface area contributed by atoms with Crippen molar-refractivity contribution in [1.29, 1.82) is 0 Å². The molecule has 0 bridgehead atoms. The first kappa shape index (κ1) is 33.5. The minimum atomic E-state index is -0.425. The Bertz CT molecular complexity index is 3420. The van der Waals surface area contributed by atoms with E-state index in [0.717, 1.165) is 27.5 Å². The highest BCUT2D eigenvalue weighted by Crippen LogP contribution is 2.63. The number of furan rings is 1. The Morgan fingerprint density at radius 2 is 0.867 bits per heavy atom. The Hall–Kier alpha value is -7.46. The highest BCUT2D eigenvalue weighted by molar-refractivity contribution is 7.26. The van der Waals surface area contributed by atoms with Crippen LogP contribution in [-0.2, 0) is 5.41 Å². The summed E-state index contributed by atoms with van der Waals surface area (Å²) >= 11 is 1.74. The summed E-state index contributed by atoms with van der Waals surface area (Å²) in [5.74, 6) is 0. The van der Waals surface area contributed by atoms with Crippen LogP contribution in [0.4, 0.5) is 17.1 Å². The topological polar surface area (TPSA) is 16.4 Å². The third kappa shape index (κ3) is 4.64. The molecule has 2 heterocycles. The third-order valence-corrected chi connectivity index (χ3v) is 14.1. The molecule has 1 spiro atoms. The molecule has 0 radical (unpaired) electrons. The number of thiophene rings is 1. The molecule has 2 aliphatic rings. The molecular formula is C57H35NOS. The maximum absolute atomic E-state index is 6.35. The molecule has 0 atom stereocenters. The van der Waals surface area contributed by atoms with E-state index in [2.05, 4.69) is 211 Å². The number of para-hydroxylation sites is 1. The van der Waals surface area contributed by atoms with E-state index in [1.54, 1.807) is 11.3 Å². The Morgan fingerprint density at radius 1 is 0.367 bits per heavy atom. The SMILES string of the molecule is c1ccc(-c2ccc(N(c3ccc(-c4cccc5c4sc4oc6ccccc6c45)cc3)c3ccc4c(c3)C3(c5ccccc5-c5ccccc53)c3ccccc3-4)cc2)cc1. The Morgan fingerprint density at radius 3 is 1.53 bits per heavy atom. The lowest BCUT2D eigenvalue weighted by molar-refractivity contribution is 0.678. The minimum absolute atomic E-state index is 0.425. The fourth-order valence-corrected chi connectivity index (χ4v) is 11.6. The molecule has 13 rings (SSSR count). The Balaban J connectivity index is 0.989. The molecule has 2 aliphatic carbocycles. The van der Waals surface area contributed by atoms with Gasteiger partial charge in [-0.3, -0.25) is 0 Å². The number of fused-ring (bicyclic) bond motifs is 15. The van der Waals surface area contributed by atoms with Crippen LogP contribution >= 0.6 is 11.3 Å². The van der Waals surface area contributed by atoms with Gasteiger partial charge in [0, 0.05) is 37.9 Å². The van der Waals surface area contributed by atoms with Crippen LogP contribution < -0.4 is 4.90 Å². The second-order valence-corrected chi connectivity index (χ2v) is 16.9. The zero-order chi connectivity index (χ0) is 39.4. The quantitative estimate of drug-likeness (QED) is 0.173. The van der Waals surface area contributed by atoms with Crippen molar-refractivity contribution in [3.8, 4) is 44.5 Å². The van der Waals surface area contributed by atoms with Gasteiger partial charge in [0.05, 0.1) is 5.41 Å². The molecule has 0 saturated heterocycles. The van der Waals surface area contributed by atoms with Gasteiger partial charge in [-0.15, -0.1) is 0 Å². The molecule has 0 aliphatic heterocycles. The number of benzene rings is 9. The van der Waals surface area contributed by atoms with Gasteiger partial charge in [-0.2, -0.15) is 0 Å². The van der Waals surface area contributed by atoms with Crippen molar-refractivity contribution >= 4 is 59.7 Å². The van der Waals surface area contributed by atoms with Crippen molar-refractivity contribution in [2.75, 3.05) is 4.90 Å². The molecule has 3 heteroatoms. The summed E-state index contributed by atoms with van der Waals surface area (Å²) in [5.41, 5.74) is 19.2. The highest BCUT2D eigenvalue weighted by atomic mass is 32.1. The summed E-state index contributed by atoms with van der Waals surface area (Å²) in [6.07, 6.45) is 0. The maximum Gasteiger partial charge on any atom is 0.190 e. The molecule has 2 nitrogen and oxygen atoms in total. The van der Waals surface area contributed by atoms with Gasteiger partial charge in [0.1, 0.15) is 5.58 Å². The molecule has 0 fully saturated rings. The molecule has 9 aromatic carbocycles. The average molecular weight is 782 g/mol. The largest absolute Gasteiger partial charge is 0.445 e. The van der Waals surface area contributed by atoms with Gasteiger partial charge in [-0.05, 0) is 109 Å². The highest BCUT2D eigenvalue weighted by Gasteiger charge is 2.51. The number of rotatable bonds is 5. The van der Waals surface area contributed by atoms with Crippen molar-refractivity contribution in [3.63, 3.8) is 0 Å². The van der Waals surface area contributed by atoms with Crippen molar-refractivity contribution in [2.24, 2.45) is 0 Å². The molecule has 280 valence electrons. The van der Waals surface area contributed by atoms with Crippen LogP contribution in [0.2, 0.25) is 0 Å². The fraction of sp³-hybridized carbons (Fsp3) is 0.0175. The Labute approximate surface area is 351 Å². The van der Waals surface area contributed by atoms with Crippen LogP contribution in [0.15, 0.2) is 217 Å². The van der Waals surface area contributed by atoms with Crippen LogP contribution in [0, 0.1) is 0 Å². The van der Waals surface area contributed by atoms with Gasteiger partial charge in [-0.1, -0.05) is 181 Å². The van der Waals surface area contributed by atoms with E-state index in [1.807, 2.05) is 6.07 Å². The molecule has 60 heavy (non-hydrogen) atoms. The standard InChI is InChI=1S/C57H35NOS/c1-2-13-36(14-3-1)37-25-29-39(30-26-37)58(40-31-27-38(28-32-40)42-19-12-20-48-54-47-18-7-11-24-53(47)59-56(54)60-55(42)48)41-33-34-46-45-17-6-10-23-51(45)57(52(46)35-41)49-21-8-4-15-43(49)44-16-5-9-22-50(44)57/h1-35H. The molecule has 11 aromatic rings. The monoisotopic (exact) mass is 781 g/mol. The van der Waals surface area contributed by atoms with Gasteiger partial charge in [-0.25, -0.2) is 0 Å². The van der Waals surface area contributed by atoms with Gasteiger partial charge < -0.3 is 9.32 Å². The van der Waals surface area contributed by atoms with Crippen molar-refractivity contribution < 1.29 is 4.42 Å². The van der Waals surface area contributed by atoms with E-state index in [4.69, 9.17) is 4.42 Å². The van der Waals surface area contributed by atoms with E-state index in [-0.39, 0.29) is 0 Å². The Kier molecular flexibility index (Phi) is 7.13. The first-order valence-corrected chi connectivity index (χ1v) is 21.4. The van der Waals surface area contributed by atoms with Crippen molar-refractivity contribution in [2.45, 2.75) is 5.41 Å². The lowest BCUT2D eigenvalue weighted by Gasteiger charge is -2.32.